The number of carbonyl (C=O) groups excluding carboxylic acids is 1. The number of carbonyl (C=O) groups is 1. The molecule has 1 rings (SSSR count). The van der Waals surface area contributed by atoms with Crippen LogP contribution in [-0.4, -0.2) is 43.8 Å². The Balaban J connectivity index is 2.84. The summed E-state index contributed by atoms with van der Waals surface area (Å²) in [7, 11) is -2.05. The Hall–Kier alpha value is -1.73. The number of hydrogen-bond acceptors (Lipinski definition) is 5. The van der Waals surface area contributed by atoms with Crippen LogP contribution in [0.1, 0.15) is 72.3 Å². The summed E-state index contributed by atoms with van der Waals surface area (Å²) in [6, 6.07) is 9.89. The molecular formula is C30H50O5Si. The van der Waals surface area contributed by atoms with E-state index in [1.807, 2.05) is 30.3 Å². The van der Waals surface area contributed by atoms with Crippen LogP contribution >= 0.6 is 0 Å². The number of unbranched alkanes of at least 4 members (excludes halogenated alkanes) is 2. The van der Waals surface area contributed by atoms with E-state index in [0.717, 1.165) is 24.8 Å². The van der Waals surface area contributed by atoms with Crippen LogP contribution in [0.25, 0.3) is 0 Å². The van der Waals surface area contributed by atoms with E-state index in [2.05, 4.69) is 53.9 Å². The minimum Gasteiger partial charge on any atom is -0.459 e. The van der Waals surface area contributed by atoms with Crippen LogP contribution in [0.2, 0.25) is 18.1 Å². The predicted molar refractivity (Wildman–Crippen MR) is 151 cm³/mol. The number of benzene rings is 1. The average Bonchev–Trinajstić information content (AvgIpc) is 2.83. The van der Waals surface area contributed by atoms with Crippen molar-refractivity contribution >= 4 is 14.3 Å². The van der Waals surface area contributed by atoms with Crippen molar-refractivity contribution < 1.29 is 23.8 Å². The average molecular weight is 519 g/mol. The molecule has 0 aliphatic heterocycles. The summed E-state index contributed by atoms with van der Waals surface area (Å²) in [6.07, 6.45) is 5.30. The van der Waals surface area contributed by atoms with Gasteiger partial charge in [0.1, 0.15) is 12.2 Å². The lowest BCUT2D eigenvalue weighted by atomic mass is 9.98. The third kappa shape index (κ3) is 10.7. The highest BCUT2D eigenvalue weighted by Gasteiger charge is 2.39. The number of aliphatic hydroxyl groups is 1. The van der Waals surface area contributed by atoms with Crippen LogP contribution in [0.4, 0.5) is 0 Å². The van der Waals surface area contributed by atoms with Gasteiger partial charge in [0.2, 0.25) is 0 Å². The fourth-order valence-electron chi connectivity index (χ4n) is 3.58. The van der Waals surface area contributed by atoms with Gasteiger partial charge >= 0.3 is 5.97 Å². The topological polar surface area (TPSA) is 65.0 Å². The predicted octanol–water partition coefficient (Wildman–Crippen LogP) is 7.21. The molecule has 0 heterocycles. The molecule has 0 bridgehead atoms. The molecule has 204 valence electrons. The molecule has 5 nitrogen and oxygen atoms in total. The SMILES string of the molecule is C=C[C@H](OCc1ccccc1)C(CCCCC)OC(=O)[C@@H](C)[C@H](O)C[C@H](C=C)O[Si](C)(C)C(C)(C)C. The highest BCUT2D eigenvalue weighted by atomic mass is 28.4. The zero-order valence-electron chi connectivity index (χ0n) is 23.7. The van der Waals surface area contributed by atoms with E-state index in [0.29, 0.717) is 19.4 Å². The Morgan fingerprint density at radius 1 is 1.11 bits per heavy atom. The van der Waals surface area contributed by atoms with E-state index in [1.165, 1.54) is 0 Å². The lowest BCUT2D eigenvalue weighted by molar-refractivity contribution is -0.165. The van der Waals surface area contributed by atoms with Gasteiger partial charge in [-0.15, -0.1) is 13.2 Å². The van der Waals surface area contributed by atoms with E-state index in [4.69, 9.17) is 13.9 Å². The van der Waals surface area contributed by atoms with Crippen molar-refractivity contribution in [3.8, 4) is 0 Å². The van der Waals surface area contributed by atoms with Crippen LogP contribution < -0.4 is 0 Å². The maximum absolute atomic E-state index is 13.1. The standard InChI is InChI=1S/C30H50O5Si/c1-10-13-15-20-28(27(12-3)33-22-24-18-16-14-17-19-24)34-29(32)23(4)26(31)21-25(11-2)35-36(8,9)30(5,6)7/h11-12,14,16-19,23,25-28,31H,2-3,10,13,15,20-22H2,1,4-9H3/t23-,25-,26+,27-,28?/m0/s1. The summed E-state index contributed by atoms with van der Waals surface area (Å²) in [4.78, 5) is 13.1. The third-order valence-corrected chi connectivity index (χ3v) is 11.7. The summed E-state index contributed by atoms with van der Waals surface area (Å²) in [5.74, 6) is -1.14. The molecule has 0 saturated heterocycles. The van der Waals surface area contributed by atoms with Crippen LogP contribution in [0.15, 0.2) is 55.6 Å². The van der Waals surface area contributed by atoms with Gasteiger partial charge in [0, 0.05) is 6.42 Å². The van der Waals surface area contributed by atoms with E-state index < -0.39 is 38.5 Å². The van der Waals surface area contributed by atoms with Crippen LogP contribution in [0.5, 0.6) is 0 Å². The fraction of sp³-hybridized carbons (Fsp3) is 0.633. The van der Waals surface area contributed by atoms with Gasteiger partial charge < -0.3 is 19.0 Å². The second kappa shape index (κ2) is 15.5. The largest absolute Gasteiger partial charge is 0.459 e. The molecule has 0 radical (unpaired) electrons. The Bertz CT molecular complexity index is 786. The molecule has 6 heteroatoms. The highest BCUT2D eigenvalue weighted by molar-refractivity contribution is 6.74. The highest BCUT2D eigenvalue weighted by Crippen LogP contribution is 2.38. The van der Waals surface area contributed by atoms with Crippen molar-refractivity contribution in [2.75, 3.05) is 0 Å². The molecular weight excluding hydrogens is 468 g/mol. The van der Waals surface area contributed by atoms with Crippen molar-refractivity contribution in [3.63, 3.8) is 0 Å². The Labute approximate surface area is 221 Å². The smallest absolute Gasteiger partial charge is 0.311 e. The number of esters is 1. The molecule has 0 aliphatic carbocycles. The van der Waals surface area contributed by atoms with Crippen molar-refractivity contribution in [1.82, 2.24) is 0 Å². The van der Waals surface area contributed by atoms with Crippen LogP contribution in [0.3, 0.4) is 0 Å². The minimum absolute atomic E-state index is 0.0366. The number of ether oxygens (including phenoxy) is 2. The maximum Gasteiger partial charge on any atom is 0.311 e. The molecule has 1 aromatic carbocycles. The van der Waals surface area contributed by atoms with Gasteiger partial charge in [0.15, 0.2) is 8.32 Å². The van der Waals surface area contributed by atoms with Gasteiger partial charge in [-0.25, -0.2) is 0 Å². The van der Waals surface area contributed by atoms with Crippen LogP contribution in [-0.2, 0) is 25.3 Å². The Kier molecular flexibility index (Phi) is 13.9. The second-order valence-electron chi connectivity index (χ2n) is 11.2. The normalized spacial score (nSPS) is 16.4. The number of rotatable bonds is 17. The van der Waals surface area contributed by atoms with E-state index in [9.17, 15) is 9.90 Å². The number of hydrogen-bond donors (Lipinski definition) is 1. The van der Waals surface area contributed by atoms with Gasteiger partial charge in [-0.05, 0) is 43.5 Å². The number of aliphatic hydroxyl groups excluding tert-OH is 1. The van der Waals surface area contributed by atoms with E-state index in [-0.39, 0.29) is 11.1 Å². The van der Waals surface area contributed by atoms with Crippen molar-refractivity contribution in [1.29, 1.82) is 0 Å². The molecule has 0 fully saturated rings. The molecule has 0 aliphatic rings. The molecule has 5 atom stereocenters. The summed E-state index contributed by atoms with van der Waals surface area (Å²) >= 11 is 0. The molecule has 0 aromatic heterocycles. The van der Waals surface area contributed by atoms with Crippen molar-refractivity contribution in [3.05, 3.63) is 61.2 Å². The van der Waals surface area contributed by atoms with Gasteiger partial charge in [0.05, 0.1) is 24.7 Å². The Morgan fingerprint density at radius 2 is 1.75 bits per heavy atom. The molecule has 0 spiro atoms. The first-order valence-electron chi connectivity index (χ1n) is 13.3. The molecule has 1 aromatic rings. The summed E-state index contributed by atoms with van der Waals surface area (Å²) in [5.41, 5.74) is 1.05. The quantitative estimate of drug-likeness (QED) is 0.102. The first-order valence-corrected chi connectivity index (χ1v) is 16.2. The molecule has 0 amide bonds. The van der Waals surface area contributed by atoms with Gasteiger partial charge in [0.25, 0.3) is 0 Å². The van der Waals surface area contributed by atoms with E-state index >= 15 is 0 Å². The first-order chi connectivity index (χ1) is 16.9. The molecule has 1 unspecified atom stereocenters. The second-order valence-corrected chi connectivity index (χ2v) is 16.0. The zero-order chi connectivity index (χ0) is 27.4. The lowest BCUT2D eigenvalue weighted by Crippen LogP contribution is -2.45. The summed E-state index contributed by atoms with van der Waals surface area (Å²) < 4.78 is 18.4. The molecule has 1 N–H and O–H groups in total. The minimum atomic E-state index is -2.05. The monoisotopic (exact) mass is 518 g/mol. The third-order valence-electron chi connectivity index (χ3n) is 7.18. The summed E-state index contributed by atoms with van der Waals surface area (Å²) in [6.45, 7) is 22.9. The van der Waals surface area contributed by atoms with Crippen molar-refractivity contribution in [2.45, 2.75) is 116 Å². The molecule has 0 saturated carbocycles. The Morgan fingerprint density at radius 3 is 2.28 bits per heavy atom. The van der Waals surface area contributed by atoms with Crippen molar-refractivity contribution in [2.24, 2.45) is 5.92 Å². The zero-order valence-corrected chi connectivity index (χ0v) is 24.7. The molecule has 36 heavy (non-hydrogen) atoms. The van der Waals surface area contributed by atoms with Gasteiger partial charge in [-0.2, -0.15) is 0 Å². The fourth-order valence-corrected chi connectivity index (χ4v) is 4.89. The van der Waals surface area contributed by atoms with E-state index in [1.54, 1.807) is 19.1 Å². The van der Waals surface area contributed by atoms with Gasteiger partial charge in [-0.1, -0.05) is 83.0 Å². The van der Waals surface area contributed by atoms with Gasteiger partial charge in [-0.3, -0.25) is 4.79 Å². The lowest BCUT2D eigenvalue weighted by Gasteiger charge is -2.39. The first kappa shape index (κ1) is 32.3. The summed E-state index contributed by atoms with van der Waals surface area (Å²) in [5, 5.41) is 10.9. The van der Waals surface area contributed by atoms with Crippen LogP contribution in [0, 0.1) is 5.92 Å². The maximum atomic E-state index is 13.1.